The fourth-order valence-corrected chi connectivity index (χ4v) is 2.82. The lowest BCUT2D eigenvalue weighted by Gasteiger charge is -2.25. The van der Waals surface area contributed by atoms with Crippen LogP contribution in [0, 0.1) is 10.1 Å². The number of hydrogen-bond donors (Lipinski definition) is 2. The topological polar surface area (TPSA) is 97.3 Å². The van der Waals surface area contributed by atoms with Crippen LogP contribution in [0.3, 0.4) is 0 Å². The van der Waals surface area contributed by atoms with Gasteiger partial charge in [0.1, 0.15) is 5.82 Å². The molecule has 0 fully saturated rings. The molecule has 2 heterocycles. The lowest BCUT2D eigenvalue weighted by atomic mass is 10.2. The first-order valence-corrected chi connectivity index (χ1v) is 7.28. The maximum absolute atomic E-state index is 11.2. The van der Waals surface area contributed by atoms with Gasteiger partial charge in [-0.1, -0.05) is 6.07 Å². The predicted octanol–water partition coefficient (Wildman–Crippen LogP) is 2.40. The summed E-state index contributed by atoms with van der Waals surface area (Å²) in [5.74, 6) is 6.03. The summed E-state index contributed by atoms with van der Waals surface area (Å²) in [5.41, 5.74) is 2.38. The molecule has 0 aliphatic heterocycles. The maximum atomic E-state index is 11.2. The molecular formula is C13H17N5O2S. The molecule has 0 aliphatic carbocycles. The molecule has 0 amide bonds. The van der Waals surface area contributed by atoms with Crippen LogP contribution < -0.4 is 16.2 Å². The summed E-state index contributed by atoms with van der Waals surface area (Å²) >= 11 is 1.67. The molecule has 2 aromatic heterocycles. The third-order valence-corrected chi connectivity index (χ3v) is 4.17. The number of likely N-dealkylation sites (N-methyl/N-ethyl adjacent to an activating group) is 1. The molecule has 0 saturated carbocycles. The Kier molecular flexibility index (Phi) is 4.71. The average Bonchev–Trinajstić information content (AvgIpc) is 2.98. The Morgan fingerprint density at radius 1 is 1.52 bits per heavy atom. The summed E-state index contributed by atoms with van der Waals surface area (Å²) in [6.07, 6.45) is 0.799. The lowest BCUT2D eigenvalue weighted by Crippen LogP contribution is -2.32. The van der Waals surface area contributed by atoms with Crippen LogP contribution in [-0.4, -0.2) is 23.0 Å². The molecule has 2 rings (SSSR count). The Bertz CT molecular complexity index is 617. The number of nitrogens with one attached hydrogen (secondary N) is 1. The highest BCUT2D eigenvalue weighted by molar-refractivity contribution is 7.09. The molecule has 0 saturated heterocycles. The van der Waals surface area contributed by atoms with Crippen LogP contribution in [-0.2, 0) is 6.42 Å². The number of thiophene rings is 1. The smallest absolute Gasteiger partial charge is 0.311 e. The number of nitrogen functional groups attached to an aromatic ring is 1. The normalized spacial score (nSPS) is 12.0. The minimum absolute atomic E-state index is 0.0328. The molecule has 7 nitrogen and oxygen atoms in total. The first kappa shape index (κ1) is 15.2. The van der Waals surface area contributed by atoms with Gasteiger partial charge >= 0.3 is 5.69 Å². The molecule has 3 N–H and O–H groups in total. The van der Waals surface area contributed by atoms with Gasteiger partial charge in [-0.05, 0) is 24.4 Å². The molecular weight excluding hydrogens is 290 g/mol. The molecule has 0 aromatic carbocycles. The third-order valence-electron chi connectivity index (χ3n) is 3.27. The van der Waals surface area contributed by atoms with Crippen molar-refractivity contribution in [2.75, 3.05) is 17.4 Å². The zero-order valence-corrected chi connectivity index (χ0v) is 12.6. The van der Waals surface area contributed by atoms with E-state index in [4.69, 9.17) is 5.84 Å². The molecule has 0 radical (unpaired) electrons. The van der Waals surface area contributed by atoms with Crippen molar-refractivity contribution in [3.05, 3.63) is 44.6 Å². The van der Waals surface area contributed by atoms with Crippen LogP contribution in [0.5, 0.6) is 0 Å². The lowest BCUT2D eigenvalue weighted by molar-refractivity contribution is -0.384. The van der Waals surface area contributed by atoms with Gasteiger partial charge < -0.3 is 10.3 Å². The van der Waals surface area contributed by atoms with E-state index in [2.05, 4.69) is 16.5 Å². The minimum Gasteiger partial charge on any atom is -0.351 e. The molecule has 21 heavy (non-hydrogen) atoms. The summed E-state index contributed by atoms with van der Waals surface area (Å²) in [4.78, 5) is 18.0. The number of rotatable bonds is 6. The maximum Gasteiger partial charge on any atom is 0.311 e. The van der Waals surface area contributed by atoms with Crippen LogP contribution in [0.15, 0.2) is 29.6 Å². The molecule has 1 unspecified atom stereocenters. The van der Waals surface area contributed by atoms with Gasteiger partial charge in [-0.25, -0.2) is 10.8 Å². The number of anilines is 2. The summed E-state index contributed by atoms with van der Waals surface area (Å²) in [6.45, 7) is 2.01. The van der Waals surface area contributed by atoms with Gasteiger partial charge in [-0.3, -0.25) is 10.1 Å². The Labute approximate surface area is 126 Å². The van der Waals surface area contributed by atoms with Crippen molar-refractivity contribution in [1.29, 1.82) is 0 Å². The van der Waals surface area contributed by atoms with E-state index in [1.165, 1.54) is 17.0 Å². The van der Waals surface area contributed by atoms with E-state index >= 15 is 0 Å². The van der Waals surface area contributed by atoms with Gasteiger partial charge in [-0.15, -0.1) is 11.3 Å². The van der Waals surface area contributed by atoms with Crippen molar-refractivity contribution in [3.8, 4) is 0 Å². The Morgan fingerprint density at radius 2 is 2.29 bits per heavy atom. The number of hydrogen-bond acceptors (Lipinski definition) is 7. The van der Waals surface area contributed by atoms with Gasteiger partial charge in [-0.2, -0.15) is 0 Å². The number of hydrazine groups is 1. The summed E-state index contributed by atoms with van der Waals surface area (Å²) < 4.78 is 0. The molecule has 0 bridgehead atoms. The van der Waals surface area contributed by atoms with Crippen molar-refractivity contribution in [2.45, 2.75) is 19.4 Å². The van der Waals surface area contributed by atoms with E-state index < -0.39 is 4.92 Å². The zero-order chi connectivity index (χ0) is 15.4. The van der Waals surface area contributed by atoms with Crippen molar-refractivity contribution in [3.63, 3.8) is 0 Å². The second-order valence-corrected chi connectivity index (χ2v) is 5.72. The third kappa shape index (κ3) is 3.47. The highest BCUT2D eigenvalue weighted by Gasteiger charge is 2.23. The number of pyridine rings is 1. The Morgan fingerprint density at radius 3 is 2.86 bits per heavy atom. The van der Waals surface area contributed by atoms with E-state index in [1.54, 1.807) is 23.3 Å². The fraction of sp³-hybridized carbons (Fsp3) is 0.308. The molecule has 0 spiro atoms. The van der Waals surface area contributed by atoms with Crippen molar-refractivity contribution >= 4 is 28.7 Å². The van der Waals surface area contributed by atoms with Gasteiger partial charge in [0.25, 0.3) is 0 Å². The molecule has 1 atom stereocenters. The zero-order valence-electron chi connectivity index (χ0n) is 11.8. The number of nitrogens with zero attached hydrogens (tertiary/aromatic N) is 3. The van der Waals surface area contributed by atoms with Crippen molar-refractivity contribution in [2.24, 2.45) is 5.84 Å². The van der Waals surface area contributed by atoms with Crippen molar-refractivity contribution in [1.82, 2.24) is 4.98 Å². The number of nitro groups is 1. The van der Waals surface area contributed by atoms with Crippen LogP contribution in [0.4, 0.5) is 17.3 Å². The van der Waals surface area contributed by atoms with E-state index in [9.17, 15) is 10.1 Å². The first-order valence-electron chi connectivity index (χ1n) is 6.40. The minimum atomic E-state index is -0.434. The summed E-state index contributed by atoms with van der Waals surface area (Å²) in [5, 5.41) is 13.2. The SMILES string of the molecule is CC(Cc1cccs1)N(C)c1nc(NN)ccc1[N+](=O)[O-]. The molecule has 0 aliphatic rings. The van der Waals surface area contributed by atoms with E-state index in [-0.39, 0.29) is 11.7 Å². The van der Waals surface area contributed by atoms with E-state index in [1.807, 2.05) is 18.4 Å². The average molecular weight is 307 g/mol. The highest BCUT2D eigenvalue weighted by atomic mass is 32.1. The second kappa shape index (κ2) is 6.51. The van der Waals surface area contributed by atoms with E-state index in [0.717, 1.165) is 6.42 Å². The second-order valence-electron chi connectivity index (χ2n) is 4.68. The quantitative estimate of drug-likeness (QED) is 0.483. The van der Waals surface area contributed by atoms with E-state index in [0.29, 0.717) is 11.6 Å². The van der Waals surface area contributed by atoms with Gasteiger partial charge in [0, 0.05) is 30.5 Å². The largest absolute Gasteiger partial charge is 0.351 e. The highest BCUT2D eigenvalue weighted by Crippen LogP contribution is 2.28. The Hall–Kier alpha value is -2.19. The summed E-state index contributed by atoms with van der Waals surface area (Å²) in [7, 11) is 1.80. The Balaban J connectivity index is 2.27. The summed E-state index contributed by atoms with van der Waals surface area (Å²) in [6, 6.07) is 7.01. The first-order chi connectivity index (χ1) is 10.0. The van der Waals surface area contributed by atoms with Crippen LogP contribution in [0.2, 0.25) is 0 Å². The van der Waals surface area contributed by atoms with Crippen LogP contribution in [0.25, 0.3) is 0 Å². The predicted molar refractivity (Wildman–Crippen MR) is 84.6 cm³/mol. The van der Waals surface area contributed by atoms with Gasteiger partial charge in [0.15, 0.2) is 0 Å². The monoisotopic (exact) mass is 307 g/mol. The van der Waals surface area contributed by atoms with Gasteiger partial charge in [0.05, 0.1) is 4.92 Å². The molecule has 2 aromatic rings. The number of aromatic nitrogens is 1. The van der Waals surface area contributed by atoms with Crippen molar-refractivity contribution < 1.29 is 4.92 Å². The standard InChI is InChI=1S/C13H17N5O2S/c1-9(8-10-4-3-7-21-10)17(2)13-11(18(19)20)5-6-12(15-13)16-14/h3-7,9H,8,14H2,1-2H3,(H,15,16). The molecule has 8 heteroatoms. The van der Waals surface area contributed by atoms with Crippen LogP contribution in [0.1, 0.15) is 11.8 Å². The van der Waals surface area contributed by atoms with Crippen LogP contribution >= 0.6 is 11.3 Å². The number of nitrogens with two attached hydrogens (primary N) is 1. The fourth-order valence-electron chi connectivity index (χ4n) is 1.99. The molecule has 112 valence electrons. The van der Waals surface area contributed by atoms with Gasteiger partial charge in [0.2, 0.25) is 5.82 Å².